The number of aliphatic imine (C=N–C) groups is 1. The molecule has 1 aromatic heterocycles. The van der Waals surface area contributed by atoms with E-state index in [1.54, 1.807) is 0 Å². The average molecular weight is 224 g/mol. The lowest BCUT2D eigenvalue weighted by molar-refractivity contribution is 0.0327. The van der Waals surface area contributed by atoms with E-state index < -0.39 is 6.23 Å². The Kier molecular flexibility index (Phi) is 2.86. The van der Waals surface area contributed by atoms with Gasteiger partial charge in [0, 0.05) is 6.42 Å². The molecule has 0 amide bonds. The van der Waals surface area contributed by atoms with E-state index in [9.17, 15) is 4.79 Å². The highest BCUT2D eigenvalue weighted by Crippen LogP contribution is 2.25. The monoisotopic (exact) mass is 224 g/mol. The number of nitrogens with zero attached hydrogens (tertiary/aromatic N) is 2. The van der Waals surface area contributed by atoms with Crippen molar-refractivity contribution in [1.29, 1.82) is 0 Å². The fourth-order valence-corrected chi connectivity index (χ4v) is 1.37. The Morgan fingerprint density at radius 1 is 1.62 bits per heavy atom. The van der Waals surface area contributed by atoms with Crippen LogP contribution in [0.4, 0.5) is 0 Å². The summed E-state index contributed by atoms with van der Waals surface area (Å²) in [5.74, 6) is 0.838. The van der Waals surface area contributed by atoms with Gasteiger partial charge in [0.15, 0.2) is 0 Å². The molecule has 1 aliphatic rings. The van der Waals surface area contributed by atoms with E-state index in [1.165, 1.54) is 13.4 Å². The summed E-state index contributed by atoms with van der Waals surface area (Å²) in [5.41, 5.74) is 2.68. The van der Waals surface area contributed by atoms with E-state index in [-0.39, 0.29) is 11.3 Å². The molecule has 2 rings (SSSR count). The van der Waals surface area contributed by atoms with Gasteiger partial charge in [-0.2, -0.15) is 0 Å². The largest absolute Gasteiger partial charge is 0.490 e. The zero-order valence-corrected chi connectivity index (χ0v) is 8.98. The van der Waals surface area contributed by atoms with Crippen molar-refractivity contribution in [2.75, 3.05) is 7.11 Å². The minimum atomic E-state index is -0.632. The third kappa shape index (κ3) is 1.76. The molecule has 0 aliphatic carbocycles. The van der Waals surface area contributed by atoms with Gasteiger partial charge >= 0.3 is 0 Å². The van der Waals surface area contributed by atoms with Crippen molar-refractivity contribution in [2.45, 2.75) is 19.6 Å². The molecular weight excluding hydrogens is 212 g/mol. The summed E-state index contributed by atoms with van der Waals surface area (Å²) >= 11 is 0. The van der Waals surface area contributed by atoms with Crippen LogP contribution in [0.25, 0.3) is 0 Å². The number of rotatable bonds is 3. The van der Waals surface area contributed by atoms with E-state index >= 15 is 0 Å². The Balaban J connectivity index is 2.38. The molecule has 1 aliphatic heterocycles. The quantitative estimate of drug-likeness (QED) is 0.761. The van der Waals surface area contributed by atoms with Crippen LogP contribution in [0.1, 0.15) is 25.3 Å². The first-order valence-electron chi connectivity index (χ1n) is 4.86. The van der Waals surface area contributed by atoms with Crippen LogP contribution in [0, 0.1) is 0 Å². The Morgan fingerprint density at radius 2 is 2.44 bits per heavy atom. The predicted molar refractivity (Wildman–Crippen MR) is 56.1 cm³/mol. The molecule has 0 aromatic carbocycles. The zero-order chi connectivity index (χ0) is 11.5. The molecule has 0 saturated heterocycles. The normalized spacial score (nSPS) is 19.1. The lowest BCUT2D eigenvalue weighted by Crippen LogP contribution is -2.18. The first kappa shape index (κ1) is 10.6. The van der Waals surface area contributed by atoms with Gasteiger partial charge in [-0.1, -0.05) is 6.92 Å². The fourth-order valence-electron chi connectivity index (χ4n) is 1.37. The van der Waals surface area contributed by atoms with E-state index in [2.05, 4.69) is 20.4 Å². The molecule has 16 heavy (non-hydrogen) atoms. The predicted octanol–water partition coefficient (Wildman–Crippen LogP) is 0.120. The number of methoxy groups -OCH3 is 1. The molecule has 0 saturated carbocycles. The van der Waals surface area contributed by atoms with Crippen molar-refractivity contribution in [1.82, 2.24) is 15.4 Å². The zero-order valence-electron chi connectivity index (χ0n) is 8.98. The van der Waals surface area contributed by atoms with E-state index in [0.29, 0.717) is 11.5 Å². The standard InChI is InChI=1S/C9H12N4O3/c1-3-5-12-9(16-13-5)6-7(15-2)8(14)11-4-10-6/h4,9H,3H2,1-2H3,(H,12,13)(H,10,11,14). The van der Waals surface area contributed by atoms with Gasteiger partial charge in [-0.15, -0.1) is 0 Å². The summed E-state index contributed by atoms with van der Waals surface area (Å²) in [7, 11) is 1.41. The van der Waals surface area contributed by atoms with E-state index in [4.69, 9.17) is 9.57 Å². The van der Waals surface area contributed by atoms with Gasteiger partial charge in [-0.05, 0) is 0 Å². The first-order chi connectivity index (χ1) is 7.76. The van der Waals surface area contributed by atoms with Crippen LogP contribution in [0.3, 0.4) is 0 Å². The lowest BCUT2D eigenvalue weighted by atomic mass is 10.3. The molecule has 0 fully saturated rings. The molecular formula is C9H12N4O3. The van der Waals surface area contributed by atoms with Crippen molar-refractivity contribution >= 4 is 5.84 Å². The summed E-state index contributed by atoms with van der Waals surface area (Å²) in [6.07, 6.45) is 1.39. The number of aromatic nitrogens is 2. The second kappa shape index (κ2) is 4.31. The lowest BCUT2D eigenvalue weighted by Gasteiger charge is -2.08. The van der Waals surface area contributed by atoms with Crippen molar-refractivity contribution in [3.63, 3.8) is 0 Å². The number of hydrogen-bond donors (Lipinski definition) is 2. The first-order valence-corrected chi connectivity index (χ1v) is 4.86. The van der Waals surface area contributed by atoms with Crippen LogP contribution in [-0.4, -0.2) is 22.9 Å². The average Bonchev–Trinajstić information content (AvgIpc) is 2.77. The highest BCUT2D eigenvalue weighted by atomic mass is 16.7. The highest BCUT2D eigenvalue weighted by Gasteiger charge is 2.25. The van der Waals surface area contributed by atoms with Gasteiger partial charge in [-0.25, -0.2) is 14.8 Å². The van der Waals surface area contributed by atoms with Crippen LogP contribution in [0.5, 0.6) is 5.75 Å². The third-order valence-electron chi connectivity index (χ3n) is 2.17. The van der Waals surface area contributed by atoms with Crippen LogP contribution in [0.2, 0.25) is 0 Å². The maximum Gasteiger partial charge on any atom is 0.293 e. The van der Waals surface area contributed by atoms with E-state index in [1.807, 2.05) is 6.92 Å². The van der Waals surface area contributed by atoms with Crippen LogP contribution >= 0.6 is 0 Å². The number of H-pyrrole nitrogens is 1. The molecule has 1 atom stereocenters. The molecule has 0 spiro atoms. The number of ether oxygens (including phenoxy) is 1. The Bertz CT molecular complexity index is 468. The number of hydrogen-bond acceptors (Lipinski definition) is 6. The molecule has 86 valence electrons. The molecule has 0 radical (unpaired) electrons. The van der Waals surface area contributed by atoms with Gasteiger partial charge in [-0.3, -0.25) is 10.3 Å². The Labute approximate surface area is 91.5 Å². The smallest absolute Gasteiger partial charge is 0.293 e. The minimum absolute atomic E-state index is 0.121. The van der Waals surface area contributed by atoms with Crippen LogP contribution in [-0.2, 0) is 4.84 Å². The fraction of sp³-hybridized carbons (Fsp3) is 0.444. The third-order valence-corrected chi connectivity index (χ3v) is 2.17. The molecule has 0 bridgehead atoms. The second-order valence-corrected chi connectivity index (χ2v) is 3.15. The van der Waals surface area contributed by atoms with E-state index in [0.717, 1.165) is 6.42 Å². The Morgan fingerprint density at radius 3 is 3.06 bits per heavy atom. The molecule has 7 heteroatoms. The summed E-state index contributed by atoms with van der Waals surface area (Å²) in [6, 6.07) is 0. The highest BCUT2D eigenvalue weighted by molar-refractivity contribution is 5.82. The molecule has 1 unspecified atom stereocenters. The van der Waals surface area contributed by atoms with Crippen molar-refractivity contribution in [2.24, 2.45) is 4.99 Å². The van der Waals surface area contributed by atoms with Crippen LogP contribution < -0.4 is 15.8 Å². The minimum Gasteiger partial charge on any atom is -0.490 e. The number of hydroxylamine groups is 1. The van der Waals surface area contributed by atoms with Gasteiger partial charge in [0.1, 0.15) is 11.5 Å². The maximum atomic E-state index is 11.4. The summed E-state index contributed by atoms with van der Waals surface area (Å²) in [5, 5.41) is 0. The summed E-state index contributed by atoms with van der Waals surface area (Å²) in [6.45, 7) is 1.94. The van der Waals surface area contributed by atoms with Gasteiger partial charge in [0.25, 0.3) is 5.56 Å². The van der Waals surface area contributed by atoms with Crippen molar-refractivity contribution < 1.29 is 9.57 Å². The van der Waals surface area contributed by atoms with Crippen LogP contribution in [0.15, 0.2) is 16.1 Å². The van der Waals surface area contributed by atoms with Gasteiger partial charge in [0.05, 0.1) is 13.4 Å². The molecule has 1 aromatic rings. The number of aromatic amines is 1. The van der Waals surface area contributed by atoms with Crippen molar-refractivity contribution in [3.8, 4) is 5.75 Å². The topological polar surface area (TPSA) is 88.6 Å². The Hall–Kier alpha value is -1.89. The maximum absolute atomic E-state index is 11.4. The van der Waals surface area contributed by atoms with Gasteiger partial charge < -0.3 is 9.72 Å². The van der Waals surface area contributed by atoms with Crippen molar-refractivity contribution in [3.05, 3.63) is 22.4 Å². The molecule has 7 nitrogen and oxygen atoms in total. The molecule has 2 N–H and O–H groups in total. The number of nitrogens with one attached hydrogen (secondary N) is 2. The SMILES string of the molecule is CCC1=NC(c2nc[nH]c(=O)c2OC)ON1. The van der Waals surface area contributed by atoms with Gasteiger partial charge in [0.2, 0.25) is 12.0 Å². The summed E-state index contributed by atoms with van der Waals surface area (Å²) < 4.78 is 4.97. The number of amidine groups is 1. The summed E-state index contributed by atoms with van der Waals surface area (Å²) in [4.78, 5) is 27.3. The second-order valence-electron chi connectivity index (χ2n) is 3.15. The molecule has 2 heterocycles.